The van der Waals surface area contributed by atoms with Gasteiger partial charge in [-0.2, -0.15) is 17.5 Å². The molecule has 0 saturated carbocycles. The summed E-state index contributed by atoms with van der Waals surface area (Å²) in [6, 6.07) is 7.68. The Kier molecular flexibility index (Phi) is 7.18. The van der Waals surface area contributed by atoms with Gasteiger partial charge in [0.25, 0.3) is 0 Å². The van der Waals surface area contributed by atoms with Gasteiger partial charge in [0.05, 0.1) is 23.5 Å². The third kappa shape index (κ3) is 5.69. The number of nitrogens with zero attached hydrogens (tertiary/aromatic N) is 4. The average molecular weight is 681 g/mol. The van der Waals surface area contributed by atoms with Crippen molar-refractivity contribution in [3.8, 4) is 0 Å². The summed E-state index contributed by atoms with van der Waals surface area (Å²) in [6.45, 7) is 0. The zero-order chi connectivity index (χ0) is 30.6. The zero-order valence-corrected chi connectivity index (χ0v) is 25.0. The number of hydrogen-bond donors (Lipinski definition) is 0. The van der Waals surface area contributed by atoms with Crippen LogP contribution in [0.2, 0.25) is 0 Å². The normalized spacial score (nSPS) is 18.2. The molecule has 4 heterocycles. The van der Waals surface area contributed by atoms with Gasteiger partial charge in [-0.3, -0.25) is 0 Å². The Hall–Kier alpha value is -3.86. The minimum atomic E-state index is -4.75. The molecule has 0 bridgehead atoms. The molecule has 4 aromatic heterocycles. The Morgan fingerprint density at radius 3 is 1.20 bits per heavy atom. The van der Waals surface area contributed by atoms with Gasteiger partial charge in [0.2, 0.25) is 0 Å². The summed E-state index contributed by atoms with van der Waals surface area (Å²) < 4.78 is 105. The lowest BCUT2D eigenvalue weighted by molar-refractivity contribution is -0.304. The molecule has 1 aromatic carbocycles. The molecule has 7 rings (SSSR count). The van der Waals surface area contributed by atoms with Crippen molar-refractivity contribution in [1.82, 2.24) is 17.5 Å². The molecular formula is C28H14F6N4O2S4. The monoisotopic (exact) mass is 680 g/mol. The van der Waals surface area contributed by atoms with E-state index >= 15 is 0 Å². The van der Waals surface area contributed by atoms with Gasteiger partial charge in [-0.15, -0.1) is 49.0 Å². The van der Waals surface area contributed by atoms with E-state index in [0.717, 1.165) is 63.2 Å². The molecule has 0 unspecified atom stereocenters. The number of fused-ring (bicyclic) bond motifs is 2. The largest absolute Gasteiger partial charge is 0.573 e. The molecule has 0 atom stereocenters. The van der Waals surface area contributed by atoms with Crippen LogP contribution in [0.4, 0.5) is 26.3 Å². The van der Waals surface area contributed by atoms with E-state index in [-0.39, 0.29) is 24.4 Å². The van der Waals surface area contributed by atoms with Crippen LogP contribution >= 0.6 is 46.1 Å². The maximum atomic E-state index is 12.6. The van der Waals surface area contributed by atoms with E-state index in [4.69, 9.17) is 0 Å². The fraction of sp³-hybridized carbons (Fsp3) is 0.143. The van der Waals surface area contributed by atoms with Crippen molar-refractivity contribution in [3.05, 3.63) is 101 Å². The Balaban J connectivity index is 1.38. The first-order valence-electron chi connectivity index (χ1n) is 12.6. The Labute approximate surface area is 258 Å². The number of alkyl halides is 6. The summed E-state index contributed by atoms with van der Waals surface area (Å²) in [6.07, 6.45) is -0.310. The summed E-state index contributed by atoms with van der Waals surface area (Å²) in [4.78, 5) is 0. The smallest absolute Gasteiger partial charge is 0.406 e. The van der Waals surface area contributed by atoms with E-state index in [9.17, 15) is 26.3 Å². The molecule has 0 radical (unpaired) electrons. The summed E-state index contributed by atoms with van der Waals surface area (Å²) in [5.41, 5.74) is 4.31. The molecule has 0 fully saturated rings. The van der Waals surface area contributed by atoms with Crippen molar-refractivity contribution in [2.45, 2.75) is 25.6 Å². The highest BCUT2D eigenvalue weighted by Crippen LogP contribution is 2.29. The van der Waals surface area contributed by atoms with Gasteiger partial charge in [-0.05, 0) is 72.6 Å². The predicted molar refractivity (Wildman–Crippen MR) is 156 cm³/mol. The second-order valence-electron chi connectivity index (χ2n) is 9.43. The highest BCUT2D eigenvalue weighted by atomic mass is 32.1. The lowest BCUT2D eigenvalue weighted by Gasteiger charge is -2.12. The number of halogens is 6. The van der Waals surface area contributed by atoms with Gasteiger partial charge in [-0.25, -0.2) is 0 Å². The van der Waals surface area contributed by atoms with E-state index in [1.54, 1.807) is 12.2 Å². The number of ether oxygens (including phenoxy) is 2. The molecule has 0 N–H and O–H groups in total. The summed E-state index contributed by atoms with van der Waals surface area (Å²) >= 11 is 5.06. The van der Waals surface area contributed by atoms with Crippen LogP contribution in [0.1, 0.15) is 12.8 Å². The summed E-state index contributed by atoms with van der Waals surface area (Å²) in [5, 5.41) is 1.55. The van der Waals surface area contributed by atoms with Gasteiger partial charge in [0, 0.05) is 28.6 Å². The van der Waals surface area contributed by atoms with Gasteiger partial charge < -0.3 is 9.47 Å². The van der Waals surface area contributed by atoms with Crippen molar-refractivity contribution in [3.63, 3.8) is 0 Å². The minimum Gasteiger partial charge on any atom is -0.406 e. The molecule has 224 valence electrons. The van der Waals surface area contributed by atoms with E-state index < -0.39 is 12.7 Å². The highest BCUT2D eigenvalue weighted by molar-refractivity contribution is 7.08. The molecule has 0 spiro atoms. The third-order valence-electron chi connectivity index (χ3n) is 6.67. The summed E-state index contributed by atoms with van der Waals surface area (Å²) in [7, 11) is 0. The molecule has 6 nitrogen and oxygen atoms in total. The fourth-order valence-corrected chi connectivity index (χ4v) is 8.15. The van der Waals surface area contributed by atoms with Crippen molar-refractivity contribution in [1.29, 1.82) is 0 Å². The number of aromatic nitrogens is 4. The fourth-order valence-electron chi connectivity index (χ4n) is 4.86. The number of hydrogen-bond acceptors (Lipinski definition) is 10. The molecule has 0 saturated heterocycles. The molecule has 0 amide bonds. The molecule has 0 aliphatic heterocycles. The van der Waals surface area contributed by atoms with Crippen LogP contribution in [-0.2, 0) is 9.47 Å². The van der Waals surface area contributed by atoms with Gasteiger partial charge >= 0.3 is 12.7 Å². The third-order valence-corrected chi connectivity index (χ3v) is 10.1. The zero-order valence-electron chi connectivity index (χ0n) is 21.7. The molecule has 2 aliphatic rings. The van der Waals surface area contributed by atoms with Crippen LogP contribution in [0.3, 0.4) is 0 Å². The van der Waals surface area contributed by atoms with Crippen LogP contribution in [-0.4, -0.2) is 30.2 Å². The topological polar surface area (TPSA) is 70.0 Å². The molecule has 5 aromatic rings. The SMILES string of the molecule is FC(F)(F)OC1=CCC(=c2ccc(=c3c4nsnc4c(=c4ccc(=C5C=CC(OC(F)(F)F)=CC5)s4)c4nsnc34)s2)C=C1. The molecular weight excluding hydrogens is 667 g/mol. The van der Waals surface area contributed by atoms with E-state index in [0.29, 0.717) is 22.1 Å². The second kappa shape index (κ2) is 10.9. The lowest BCUT2D eigenvalue weighted by Crippen LogP contribution is -2.13. The van der Waals surface area contributed by atoms with Crippen molar-refractivity contribution in [2.75, 3.05) is 0 Å². The standard InChI is InChI=1S/C28H14F6N4O2S4/c29-27(30,31)39-15-5-1-13(2-6-15)17-9-11-19(41-17)21-23-25(37-43-35-23)22(26-24(21)36-44-38-26)20-12-10-18(42-20)14-3-7-16(8-4-14)40-28(32,33)34/h1,3,5-12H,2,4H2. The van der Waals surface area contributed by atoms with Crippen molar-refractivity contribution >= 4 is 79.3 Å². The van der Waals surface area contributed by atoms with E-state index in [1.807, 2.05) is 24.3 Å². The molecule has 2 aliphatic carbocycles. The van der Waals surface area contributed by atoms with Crippen molar-refractivity contribution in [2.24, 2.45) is 0 Å². The Bertz CT molecular complexity index is 2170. The Morgan fingerprint density at radius 2 is 0.886 bits per heavy atom. The average Bonchev–Trinajstić information content (AvgIpc) is 3.78. The van der Waals surface area contributed by atoms with Crippen LogP contribution in [0.5, 0.6) is 0 Å². The molecule has 16 heteroatoms. The number of rotatable bonds is 2. The van der Waals surface area contributed by atoms with Gasteiger partial charge in [-0.1, -0.05) is 12.2 Å². The van der Waals surface area contributed by atoms with Gasteiger partial charge in [0.1, 0.15) is 33.6 Å². The van der Waals surface area contributed by atoms with Crippen LogP contribution in [0.25, 0.3) is 33.2 Å². The highest BCUT2D eigenvalue weighted by Gasteiger charge is 2.32. The van der Waals surface area contributed by atoms with Crippen LogP contribution < -0.4 is 9.06 Å². The second-order valence-corrected chi connectivity index (χ2v) is 12.7. The van der Waals surface area contributed by atoms with E-state index in [1.165, 1.54) is 47.0 Å². The van der Waals surface area contributed by atoms with Crippen LogP contribution in [0.15, 0.2) is 72.2 Å². The van der Waals surface area contributed by atoms with Crippen LogP contribution in [0, 0.1) is 19.5 Å². The Morgan fingerprint density at radius 1 is 0.523 bits per heavy atom. The first-order valence-corrected chi connectivity index (χ1v) is 15.7. The minimum absolute atomic E-state index is 0.245. The van der Waals surface area contributed by atoms with E-state index in [2.05, 4.69) is 27.0 Å². The number of allylic oxidation sites excluding steroid dienone is 6. The summed E-state index contributed by atoms with van der Waals surface area (Å²) in [5.74, 6) is -0.490. The maximum absolute atomic E-state index is 12.6. The number of thiophene rings is 2. The number of benzene rings is 1. The lowest BCUT2D eigenvalue weighted by atomic mass is 10.1. The first-order chi connectivity index (χ1) is 21.0. The molecule has 44 heavy (non-hydrogen) atoms. The predicted octanol–water partition coefficient (Wildman–Crippen LogP) is 7.45. The maximum Gasteiger partial charge on any atom is 0.573 e. The first kappa shape index (κ1) is 28.9. The quantitative estimate of drug-likeness (QED) is 0.181. The van der Waals surface area contributed by atoms with Gasteiger partial charge in [0.15, 0.2) is 0 Å². The van der Waals surface area contributed by atoms with Crippen molar-refractivity contribution < 1.29 is 35.8 Å².